The summed E-state index contributed by atoms with van der Waals surface area (Å²) in [7, 11) is -2.41. The fourth-order valence-electron chi connectivity index (χ4n) is 7.97. The molecule has 8 aromatic carbocycles. The molecule has 0 atom stereocenters. The number of para-hydroxylation sites is 1. The average molecular weight is 1060 g/mol. The van der Waals surface area contributed by atoms with E-state index >= 15 is 35.1 Å². The predicted octanol–water partition coefficient (Wildman–Crippen LogP) is 12.4. The molecule has 0 heterocycles. The zero-order valence-electron chi connectivity index (χ0n) is 35.5. The van der Waals surface area contributed by atoms with Gasteiger partial charge in [-0.2, -0.15) is 0 Å². The summed E-state index contributed by atoms with van der Waals surface area (Å²) >= 11 is 0. The zero-order chi connectivity index (χ0) is 53.6. The smallest absolute Gasteiger partial charge is 0.200 e. The summed E-state index contributed by atoms with van der Waals surface area (Å²) in [6.45, 7) is 0. The van der Waals surface area contributed by atoms with Gasteiger partial charge in [-0.3, -0.25) is 0 Å². The minimum Gasteiger partial charge on any atom is -0.457 e. The maximum absolute atomic E-state index is 15.4. The SMILES string of the molecule is Fc1c(F)c(F)c([B-](c2c(F)c(F)c(F)c(F)c2F)(c2c(F)c(F)c(F)c(F)c2F)c2c(F)c(F)c(F)c(F)c2F)c(F)c1F.O=[S+](Cc1ccc(Oc2ccccc2)cc1)(c1ccccc1)c1ccccc1. The molecule has 24 heteroatoms. The van der Waals surface area contributed by atoms with Crippen molar-refractivity contribution >= 4 is 37.9 Å². The van der Waals surface area contributed by atoms with E-state index in [0.29, 0.717) is 5.75 Å². The number of rotatable bonds is 10. The summed E-state index contributed by atoms with van der Waals surface area (Å²) < 4.78 is 314. The Morgan fingerprint density at radius 3 is 0.767 bits per heavy atom. The number of halogens is 20. The molecule has 0 amide bonds. The molecule has 378 valence electrons. The van der Waals surface area contributed by atoms with Gasteiger partial charge in [-0.15, -0.1) is 21.9 Å². The molecule has 0 unspecified atom stereocenters. The second kappa shape index (κ2) is 20.5. The molecule has 0 N–H and O–H groups in total. The highest BCUT2D eigenvalue weighted by molar-refractivity contribution is 8.02. The lowest BCUT2D eigenvalue weighted by Crippen LogP contribution is -2.81. The lowest BCUT2D eigenvalue weighted by atomic mass is 9.12. The van der Waals surface area contributed by atoms with Gasteiger partial charge in [-0.25, -0.2) is 87.8 Å². The first kappa shape index (κ1) is 53.2. The topological polar surface area (TPSA) is 26.3 Å². The van der Waals surface area contributed by atoms with Crippen molar-refractivity contribution < 1.29 is 96.8 Å². The van der Waals surface area contributed by atoms with Gasteiger partial charge in [-0.05, 0) is 48.5 Å². The van der Waals surface area contributed by atoms with Crippen LogP contribution in [0.25, 0.3) is 0 Å². The molecule has 2 nitrogen and oxygen atoms in total. The van der Waals surface area contributed by atoms with Crippen molar-refractivity contribution in [3.8, 4) is 11.5 Å². The van der Waals surface area contributed by atoms with Crippen molar-refractivity contribution in [3.05, 3.63) is 237 Å². The summed E-state index contributed by atoms with van der Waals surface area (Å²) in [5.74, 6) is -69.4. The van der Waals surface area contributed by atoms with Crippen molar-refractivity contribution in [2.45, 2.75) is 15.5 Å². The summed E-state index contributed by atoms with van der Waals surface area (Å²) in [5.41, 5.74) is -13.3. The predicted molar refractivity (Wildman–Crippen MR) is 223 cm³/mol. The molecule has 0 aliphatic heterocycles. The Balaban J connectivity index is 0.000000237. The maximum Gasteiger partial charge on any atom is 0.200 e. The number of hydrogen-bond acceptors (Lipinski definition) is 2. The van der Waals surface area contributed by atoms with E-state index in [1.807, 2.05) is 115 Å². The molecule has 0 aliphatic rings. The number of ether oxygens (including phenoxy) is 1. The van der Waals surface area contributed by atoms with E-state index in [0.717, 1.165) is 26.9 Å². The Kier molecular flexibility index (Phi) is 14.9. The lowest BCUT2D eigenvalue weighted by molar-refractivity contribution is 0.378. The van der Waals surface area contributed by atoms with Crippen LogP contribution in [0.2, 0.25) is 0 Å². The molecule has 8 aromatic rings. The normalized spacial score (nSPS) is 11.7. The molecule has 0 bridgehead atoms. The van der Waals surface area contributed by atoms with Crippen LogP contribution in [0.5, 0.6) is 11.5 Å². The van der Waals surface area contributed by atoms with Crippen LogP contribution in [0, 0.1) is 116 Å². The molecule has 0 radical (unpaired) electrons. The van der Waals surface area contributed by atoms with Crippen molar-refractivity contribution in [1.29, 1.82) is 0 Å². The van der Waals surface area contributed by atoms with Gasteiger partial charge in [0.15, 0.2) is 89.5 Å². The Labute approximate surface area is 398 Å². The van der Waals surface area contributed by atoms with Gasteiger partial charge < -0.3 is 4.74 Å². The molecule has 8 rings (SSSR count). The summed E-state index contributed by atoms with van der Waals surface area (Å²) in [6.07, 6.45) is -7.22. The van der Waals surface area contributed by atoms with Crippen molar-refractivity contribution in [2.75, 3.05) is 0 Å². The van der Waals surface area contributed by atoms with Gasteiger partial charge in [-0.1, -0.05) is 70.9 Å². The third-order valence-electron chi connectivity index (χ3n) is 11.2. The highest BCUT2D eigenvalue weighted by atomic mass is 32.2. The number of benzene rings is 8. The average Bonchev–Trinajstić information content (AvgIpc) is 3.40. The summed E-state index contributed by atoms with van der Waals surface area (Å²) in [5, 5.41) is 0. The van der Waals surface area contributed by atoms with Gasteiger partial charge in [0.05, 0.1) is 0 Å². The van der Waals surface area contributed by atoms with Crippen LogP contribution >= 0.6 is 0 Å². The molecule has 0 aliphatic carbocycles. The first-order chi connectivity index (χ1) is 34.4. The van der Waals surface area contributed by atoms with Gasteiger partial charge in [0.1, 0.15) is 69.9 Å². The second-order valence-electron chi connectivity index (χ2n) is 15.3. The van der Waals surface area contributed by atoms with E-state index < -0.39 is 154 Å². The van der Waals surface area contributed by atoms with Crippen LogP contribution in [0.15, 0.2) is 125 Å². The maximum atomic E-state index is 15.4. The Hall–Kier alpha value is -7.63. The van der Waals surface area contributed by atoms with E-state index in [1.165, 1.54) is 0 Å². The lowest BCUT2D eigenvalue weighted by Gasteiger charge is -2.44. The largest absolute Gasteiger partial charge is 0.457 e. The van der Waals surface area contributed by atoms with Gasteiger partial charge in [0.2, 0.25) is 0 Å². The minimum absolute atomic E-state index is 0.451. The van der Waals surface area contributed by atoms with Crippen molar-refractivity contribution in [2.24, 2.45) is 0 Å². The first-order valence-electron chi connectivity index (χ1n) is 20.1. The molecule has 0 saturated heterocycles. The van der Waals surface area contributed by atoms with E-state index in [-0.39, 0.29) is 0 Å². The van der Waals surface area contributed by atoms with Crippen LogP contribution in [-0.2, 0) is 19.9 Å². The fourth-order valence-corrected chi connectivity index (χ4v) is 10.4. The van der Waals surface area contributed by atoms with Gasteiger partial charge in [0.25, 0.3) is 0 Å². The highest BCUT2D eigenvalue weighted by Gasteiger charge is 2.52. The number of hydrogen-bond donors (Lipinski definition) is 0. The van der Waals surface area contributed by atoms with E-state index in [1.54, 1.807) is 0 Å². The molecular formula is C49H21BF20O2S. The van der Waals surface area contributed by atoms with E-state index in [4.69, 9.17) is 4.74 Å². The van der Waals surface area contributed by atoms with Crippen LogP contribution in [0.4, 0.5) is 87.8 Å². The standard InChI is InChI=1S/C25H21O2S.C24BF20/c26-28(24-12-6-2-7-13-24,25-14-8-3-9-15-25)20-21-16-18-23(19-17-21)27-22-10-4-1-5-11-22;26-5-1(6(27)14(35)21(42)13(5)34)25(2-7(28)15(36)22(43)16(37)8(2)29,3-9(30)17(38)23(44)18(39)10(3)31)4-11(32)19(40)24(45)20(41)12(4)33/h1-19H,20H2;/q+1;-1. The zero-order valence-corrected chi connectivity index (χ0v) is 36.4. The molecule has 73 heavy (non-hydrogen) atoms. The second-order valence-corrected chi connectivity index (χ2v) is 17.9. The van der Waals surface area contributed by atoms with E-state index in [9.17, 15) is 56.9 Å². The molecule has 0 spiro atoms. The Morgan fingerprint density at radius 2 is 0.507 bits per heavy atom. The van der Waals surface area contributed by atoms with Crippen LogP contribution in [0.1, 0.15) is 5.56 Å². The molecule has 0 fully saturated rings. The van der Waals surface area contributed by atoms with Crippen molar-refractivity contribution in [3.63, 3.8) is 0 Å². The highest BCUT2D eigenvalue weighted by Crippen LogP contribution is 2.35. The third-order valence-corrected chi connectivity index (χ3v) is 14.0. The Bertz CT molecular complexity index is 3050. The van der Waals surface area contributed by atoms with Gasteiger partial charge >= 0.3 is 0 Å². The summed E-state index contributed by atoms with van der Waals surface area (Å²) in [4.78, 5) is 1.71. The third kappa shape index (κ3) is 8.94. The Morgan fingerprint density at radius 1 is 0.288 bits per heavy atom. The van der Waals surface area contributed by atoms with Crippen LogP contribution in [0.3, 0.4) is 0 Å². The van der Waals surface area contributed by atoms with Gasteiger partial charge in [0, 0.05) is 5.56 Å². The van der Waals surface area contributed by atoms with Crippen molar-refractivity contribution in [1.82, 2.24) is 0 Å². The fraction of sp³-hybridized carbons (Fsp3) is 0.0204. The van der Waals surface area contributed by atoms with Crippen LogP contribution in [-0.4, -0.2) is 6.15 Å². The molecular weight excluding hydrogens is 1040 g/mol. The first-order valence-corrected chi connectivity index (χ1v) is 21.8. The minimum atomic E-state index is -7.22. The quantitative estimate of drug-likeness (QED) is 0.0449. The molecule has 0 saturated carbocycles. The summed E-state index contributed by atoms with van der Waals surface area (Å²) in [6, 6.07) is 37.0. The monoisotopic (exact) mass is 1060 g/mol. The van der Waals surface area contributed by atoms with E-state index in [2.05, 4.69) is 0 Å². The van der Waals surface area contributed by atoms with Crippen LogP contribution < -0.4 is 26.6 Å². The molecule has 0 aromatic heterocycles.